The van der Waals surface area contributed by atoms with Crippen LogP contribution in [-0.4, -0.2) is 14.8 Å². The fourth-order valence-electron chi connectivity index (χ4n) is 5.48. The van der Waals surface area contributed by atoms with Gasteiger partial charge >= 0.3 is 0 Å². The van der Waals surface area contributed by atoms with Gasteiger partial charge in [-0.1, -0.05) is 91.0 Å². The lowest BCUT2D eigenvalue weighted by Crippen LogP contribution is -2.38. The average Bonchev–Trinajstić information content (AvgIpc) is 3.57. The number of furan rings is 1. The van der Waals surface area contributed by atoms with E-state index in [1.165, 1.54) is 0 Å². The summed E-state index contributed by atoms with van der Waals surface area (Å²) in [6.07, 6.45) is 3.54. The van der Waals surface area contributed by atoms with E-state index in [0.717, 1.165) is 44.3 Å². The van der Waals surface area contributed by atoms with Crippen LogP contribution >= 0.6 is 0 Å². The minimum atomic E-state index is -0.760. The lowest BCUT2D eigenvalue weighted by atomic mass is 9.77. The Hall–Kier alpha value is -5.16. The quantitative estimate of drug-likeness (QED) is 0.203. The molecule has 7 aromatic rings. The van der Waals surface area contributed by atoms with Gasteiger partial charge in [-0.05, 0) is 47.0 Å². The van der Waals surface area contributed by atoms with Gasteiger partial charge in [0.1, 0.15) is 16.8 Å². The average molecular weight is 493 g/mol. The molecule has 0 fully saturated rings. The first kappa shape index (κ1) is 22.1. The third-order valence-corrected chi connectivity index (χ3v) is 7.15. The second-order valence-corrected chi connectivity index (χ2v) is 9.37. The molecule has 38 heavy (non-hydrogen) atoms. The van der Waals surface area contributed by atoms with Crippen LogP contribution < -0.4 is 5.73 Å². The number of fused-ring (bicyclic) bond motifs is 2. The minimum Gasteiger partial charge on any atom is -0.454 e. The maximum Gasteiger partial charge on any atom is 0.156 e. The molecular formula is C33H24N4O. The predicted molar refractivity (Wildman–Crippen MR) is 152 cm³/mol. The van der Waals surface area contributed by atoms with Gasteiger partial charge in [0.25, 0.3) is 0 Å². The van der Waals surface area contributed by atoms with E-state index in [2.05, 4.69) is 88.5 Å². The molecule has 0 amide bonds. The number of rotatable bonds is 5. The highest BCUT2D eigenvalue weighted by atomic mass is 16.3. The highest BCUT2D eigenvalue weighted by molar-refractivity contribution is 5.96. The first-order chi connectivity index (χ1) is 18.7. The summed E-state index contributed by atoms with van der Waals surface area (Å²) >= 11 is 0. The van der Waals surface area contributed by atoms with E-state index in [4.69, 9.17) is 15.2 Å². The van der Waals surface area contributed by atoms with Crippen LogP contribution in [0.5, 0.6) is 0 Å². The molecule has 0 aliphatic heterocycles. The number of aromatic nitrogens is 3. The summed E-state index contributed by atoms with van der Waals surface area (Å²) in [5.41, 5.74) is 12.0. The van der Waals surface area contributed by atoms with Gasteiger partial charge in [-0.15, -0.1) is 0 Å². The van der Waals surface area contributed by atoms with Gasteiger partial charge in [0.2, 0.25) is 0 Å². The zero-order valence-electron chi connectivity index (χ0n) is 20.5. The monoisotopic (exact) mass is 492 g/mol. The van der Waals surface area contributed by atoms with Crippen molar-refractivity contribution in [2.24, 2.45) is 0 Å². The summed E-state index contributed by atoms with van der Waals surface area (Å²) in [7, 11) is 0. The molecule has 0 aliphatic rings. The topological polar surface area (TPSA) is 69.9 Å². The fraction of sp³-hybridized carbons (Fsp3) is 0.0303. The number of hydrogen-bond acceptors (Lipinski definition) is 4. The Morgan fingerprint density at radius 3 is 1.87 bits per heavy atom. The molecule has 3 aromatic heterocycles. The van der Waals surface area contributed by atoms with Gasteiger partial charge in [0.15, 0.2) is 5.76 Å². The first-order valence-electron chi connectivity index (χ1n) is 12.5. The van der Waals surface area contributed by atoms with Gasteiger partial charge in [-0.2, -0.15) is 5.10 Å². The van der Waals surface area contributed by atoms with Gasteiger partial charge in [0, 0.05) is 28.9 Å². The highest BCUT2D eigenvalue weighted by Gasteiger charge is 2.41. The van der Waals surface area contributed by atoms with E-state index in [0.29, 0.717) is 11.4 Å². The van der Waals surface area contributed by atoms with Crippen molar-refractivity contribution >= 4 is 27.6 Å². The Kier molecular flexibility index (Phi) is 5.08. The van der Waals surface area contributed by atoms with Crippen LogP contribution in [0, 0.1) is 0 Å². The molecule has 0 unspecified atom stereocenters. The van der Waals surface area contributed by atoms with Crippen LogP contribution in [0.3, 0.4) is 0 Å². The number of nitrogens with two attached hydrogens (primary N) is 1. The second kappa shape index (κ2) is 8.75. The SMILES string of the molecule is Nc1ccc2c(c1)c(-c1cc3cnccc3o1)nn2C(c1ccccc1)(c1ccccc1)c1ccccc1. The molecule has 4 aromatic carbocycles. The number of nitrogen functional groups attached to an aromatic ring is 1. The zero-order chi connectivity index (χ0) is 25.5. The summed E-state index contributed by atoms with van der Waals surface area (Å²) in [6, 6.07) is 41.4. The number of nitrogens with zero attached hydrogens (tertiary/aromatic N) is 3. The van der Waals surface area contributed by atoms with Crippen LogP contribution in [0.4, 0.5) is 5.69 Å². The lowest BCUT2D eigenvalue weighted by molar-refractivity contribution is 0.475. The van der Waals surface area contributed by atoms with Crippen molar-refractivity contribution in [3.63, 3.8) is 0 Å². The molecule has 3 heterocycles. The zero-order valence-corrected chi connectivity index (χ0v) is 20.5. The smallest absolute Gasteiger partial charge is 0.156 e. The van der Waals surface area contributed by atoms with Crippen molar-refractivity contribution in [1.29, 1.82) is 0 Å². The van der Waals surface area contributed by atoms with E-state index < -0.39 is 5.54 Å². The summed E-state index contributed by atoms with van der Waals surface area (Å²) in [5, 5.41) is 7.19. The van der Waals surface area contributed by atoms with Gasteiger partial charge < -0.3 is 10.2 Å². The third kappa shape index (κ3) is 3.33. The predicted octanol–water partition coefficient (Wildman–Crippen LogP) is 7.27. The summed E-state index contributed by atoms with van der Waals surface area (Å²) in [4.78, 5) is 4.25. The molecular weight excluding hydrogens is 468 g/mol. The Balaban J connectivity index is 1.64. The van der Waals surface area contributed by atoms with Crippen molar-refractivity contribution in [2.75, 3.05) is 5.73 Å². The number of hydrogen-bond donors (Lipinski definition) is 1. The molecule has 0 atom stereocenters. The van der Waals surface area contributed by atoms with Gasteiger partial charge in [0.05, 0.1) is 5.52 Å². The molecule has 0 radical (unpaired) electrons. The van der Waals surface area contributed by atoms with Crippen molar-refractivity contribution < 1.29 is 4.42 Å². The molecule has 0 saturated carbocycles. The molecule has 182 valence electrons. The summed E-state index contributed by atoms with van der Waals surface area (Å²) in [6.45, 7) is 0. The molecule has 5 heteroatoms. The summed E-state index contributed by atoms with van der Waals surface area (Å²) in [5.74, 6) is 0.672. The standard InChI is InChI=1S/C33H24N4O/c34-27-16-17-29-28(21-27)32(31-20-23-22-35-19-18-30(23)38-31)36-37(29)33(24-10-4-1-5-11-24,25-12-6-2-7-13-25)26-14-8-3-9-15-26/h1-22H,34H2. The largest absolute Gasteiger partial charge is 0.454 e. The molecule has 7 rings (SSSR count). The Morgan fingerprint density at radius 2 is 1.29 bits per heavy atom. The van der Waals surface area contributed by atoms with Crippen molar-refractivity contribution in [3.8, 4) is 11.5 Å². The van der Waals surface area contributed by atoms with E-state index in [9.17, 15) is 0 Å². The Labute approximate surface area is 219 Å². The number of anilines is 1. The Morgan fingerprint density at radius 1 is 0.684 bits per heavy atom. The minimum absolute atomic E-state index is 0.667. The van der Waals surface area contributed by atoms with Crippen LogP contribution in [0.2, 0.25) is 0 Å². The van der Waals surface area contributed by atoms with Gasteiger partial charge in [-0.3, -0.25) is 4.98 Å². The van der Waals surface area contributed by atoms with Gasteiger partial charge in [-0.25, -0.2) is 4.68 Å². The number of pyridine rings is 1. The maximum absolute atomic E-state index is 6.32. The molecule has 0 saturated heterocycles. The van der Waals surface area contributed by atoms with Crippen molar-refractivity contribution in [1.82, 2.24) is 14.8 Å². The molecule has 0 spiro atoms. The maximum atomic E-state index is 6.32. The van der Waals surface area contributed by atoms with Crippen LogP contribution in [0.25, 0.3) is 33.3 Å². The van der Waals surface area contributed by atoms with Crippen LogP contribution in [-0.2, 0) is 5.54 Å². The van der Waals surface area contributed by atoms with Crippen molar-refractivity contribution in [2.45, 2.75) is 5.54 Å². The van der Waals surface area contributed by atoms with E-state index in [1.54, 1.807) is 12.4 Å². The number of benzene rings is 4. The fourth-order valence-corrected chi connectivity index (χ4v) is 5.48. The van der Waals surface area contributed by atoms with E-state index >= 15 is 0 Å². The van der Waals surface area contributed by atoms with E-state index in [1.807, 2.05) is 42.5 Å². The van der Waals surface area contributed by atoms with E-state index in [-0.39, 0.29) is 0 Å². The molecule has 2 N–H and O–H groups in total. The lowest BCUT2D eigenvalue weighted by Gasteiger charge is -2.37. The third-order valence-electron chi connectivity index (χ3n) is 7.15. The second-order valence-electron chi connectivity index (χ2n) is 9.37. The molecule has 0 aliphatic carbocycles. The summed E-state index contributed by atoms with van der Waals surface area (Å²) < 4.78 is 8.42. The molecule has 5 nitrogen and oxygen atoms in total. The Bertz CT molecular complexity index is 1740. The first-order valence-corrected chi connectivity index (χ1v) is 12.5. The molecule has 0 bridgehead atoms. The normalized spacial score (nSPS) is 11.8. The van der Waals surface area contributed by atoms with Crippen LogP contribution in [0.1, 0.15) is 16.7 Å². The van der Waals surface area contributed by atoms with Crippen LogP contribution in [0.15, 0.2) is 138 Å². The highest BCUT2D eigenvalue weighted by Crippen LogP contribution is 2.44. The van der Waals surface area contributed by atoms with Crippen molar-refractivity contribution in [3.05, 3.63) is 150 Å².